The van der Waals surface area contributed by atoms with Crippen LogP contribution in [0.2, 0.25) is 0 Å². The van der Waals surface area contributed by atoms with Crippen molar-refractivity contribution in [3.8, 4) is 0 Å². The van der Waals surface area contributed by atoms with Crippen molar-refractivity contribution < 1.29 is 8.78 Å². The number of hydrogen-bond acceptors (Lipinski definition) is 1. The second kappa shape index (κ2) is 6.36. The first kappa shape index (κ1) is 12.8. The summed E-state index contributed by atoms with van der Waals surface area (Å²) >= 11 is 0. The van der Waals surface area contributed by atoms with Gasteiger partial charge >= 0.3 is 0 Å². The molecule has 0 saturated heterocycles. The number of halogens is 2. The molecule has 88 valence electrons. The number of benzene rings is 1. The molecule has 1 rings (SSSR count). The van der Waals surface area contributed by atoms with E-state index in [9.17, 15) is 8.78 Å². The molecule has 1 aromatic carbocycles. The molecule has 0 spiro atoms. The maximum absolute atomic E-state index is 13.5. The lowest BCUT2D eigenvalue weighted by molar-refractivity contribution is 0.585. The Morgan fingerprint density at radius 1 is 1.19 bits per heavy atom. The zero-order chi connectivity index (χ0) is 12.0. The van der Waals surface area contributed by atoms with Crippen molar-refractivity contribution in [3.63, 3.8) is 0 Å². The summed E-state index contributed by atoms with van der Waals surface area (Å²) in [5.74, 6) is -0.765. The van der Waals surface area contributed by atoms with Gasteiger partial charge in [-0.2, -0.15) is 0 Å². The minimum atomic E-state index is -0.404. The third-order valence-electron chi connectivity index (χ3n) is 2.46. The molecular weight excluding hydrogens is 208 g/mol. The van der Waals surface area contributed by atoms with Crippen molar-refractivity contribution in [2.24, 2.45) is 4.99 Å². The van der Waals surface area contributed by atoms with E-state index >= 15 is 0 Å². The first-order valence-electron chi connectivity index (χ1n) is 5.67. The van der Waals surface area contributed by atoms with Crippen molar-refractivity contribution in [1.82, 2.24) is 0 Å². The average Bonchev–Trinajstić information content (AvgIpc) is 2.29. The first-order chi connectivity index (χ1) is 7.70. The highest BCUT2D eigenvalue weighted by Crippen LogP contribution is 2.16. The van der Waals surface area contributed by atoms with Crippen molar-refractivity contribution >= 4 is 6.21 Å². The van der Waals surface area contributed by atoms with E-state index in [-0.39, 0.29) is 5.82 Å². The normalized spacial score (nSPS) is 11.2. The monoisotopic (exact) mass is 225 g/mol. The fraction of sp³-hybridized carbons (Fsp3) is 0.462. The van der Waals surface area contributed by atoms with Gasteiger partial charge in [0.05, 0.1) is 0 Å². The van der Waals surface area contributed by atoms with Crippen molar-refractivity contribution in [3.05, 3.63) is 34.9 Å². The van der Waals surface area contributed by atoms with E-state index in [2.05, 4.69) is 11.9 Å². The molecule has 0 atom stereocenters. The molecule has 16 heavy (non-hydrogen) atoms. The molecule has 0 amide bonds. The van der Waals surface area contributed by atoms with Gasteiger partial charge in [-0.3, -0.25) is 4.99 Å². The molecule has 0 fully saturated rings. The van der Waals surface area contributed by atoms with Crippen LogP contribution in [0.4, 0.5) is 8.78 Å². The topological polar surface area (TPSA) is 12.4 Å². The maximum Gasteiger partial charge on any atom is 0.132 e. The van der Waals surface area contributed by atoms with Gasteiger partial charge in [0, 0.05) is 18.3 Å². The Hall–Kier alpha value is -1.25. The largest absolute Gasteiger partial charge is 0.292 e. The SMILES string of the molecule is CCCC/N=C/c1c(F)ccc(F)c1CC. The van der Waals surface area contributed by atoms with Crippen LogP contribution in [0.1, 0.15) is 37.8 Å². The highest BCUT2D eigenvalue weighted by Gasteiger charge is 2.09. The van der Waals surface area contributed by atoms with Crippen LogP contribution in [0, 0.1) is 11.6 Å². The van der Waals surface area contributed by atoms with Gasteiger partial charge in [0.1, 0.15) is 11.6 Å². The van der Waals surface area contributed by atoms with E-state index in [1.807, 2.05) is 0 Å². The second-order valence-electron chi connectivity index (χ2n) is 3.66. The molecule has 0 bridgehead atoms. The Kier molecular flexibility index (Phi) is 5.09. The molecule has 0 aliphatic heterocycles. The molecule has 1 aromatic rings. The summed E-state index contributed by atoms with van der Waals surface area (Å²) in [6.45, 7) is 4.53. The van der Waals surface area contributed by atoms with Gasteiger partial charge in [0.25, 0.3) is 0 Å². The molecule has 0 aliphatic rings. The summed E-state index contributed by atoms with van der Waals surface area (Å²) in [7, 11) is 0. The van der Waals surface area contributed by atoms with Crippen LogP contribution in [-0.2, 0) is 6.42 Å². The Morgan fingerprint density at radius 2 is 1.88 bits per heavy atom. The van der Waals surface area contributed by atoms with Crippen molar-refractivity contribution in [2.45, 2.75) is 33.1 Å². The standard InChI is InChI=1S/C13H17F2N/c1-3-5-8-16-9-11-10(4-2)12(14)6-7-13(11)15/h6-7,9H,3-5,8H2,1-2H3/b16-9+. The van der Waals surface area contributed by atoms with Crippen molar-refractivity contribution in [1.29, 1.82) is 0 Å². The molecule has 0 heterocycles. The molecule has 0 aliphatic carbocycles. The van der Waals surface area contributed by atoms with E-state index < -0.39 is 5.82 Å². The molecule has 0 unspecified atom stereocenters. The zero-order valence-electron chi connectivity index (χ0n) is 9.76. The van der Waals surface area contributed by atoms with Gasteiger partial charge in [0.2, 0.25) is 0 Å². The molecule has 1 nitrogen and oxygen atoms in total. The van der Waals surface area contributed by atoms with Crippen molar-refractivity contribution in [2.75, 3.05) is 6.54 Å². The molecular formula is C13H17F2N. The average molecular weight is 225 g/mol. The highest BCUT2D eigenvalue weighted by atomic mass is 19.1. The summed E-state index contributed by atoms with van der Waals surface area (Å²) < 4.78 is 26.8. The van der Waals surface area contributed by atoms with Crippen LogP contribution < -0.4 is 0 Å². The van der Waals surface area contributed by atoms with Gasteiger partial charge in [-0.15, -0.1) is 0 Å². The Labute approximate surface area is 95.2 Å². The molecule has 0 N–H and O–H groups in total. The molecule has 0 aromatic heterocycles. The summed E-state index contributed by atoms with van der Waals surface area (Å²) in [6.07, 6.45) is 3.93. The minimum absolute atomic E-state index is 0.290. The van der Waals surface area contributed by atoms with Crippen LogP contribution in [0.3, 0.4) is 0 Å². The summed E-state index contributed by atoms with van der Waals surface area (Å²) in [6, 6.07) is 2.31. The van der Waals surface area contributed by atoms with E-state index in [4.69, 9.17) is 0 Å². The molecule has 0 saturated carbocycles. The van der Waals surface area contributed by atoms with E-state index in [1.165, 1.54) is 6.21 Å². The van der Waals surface area contributed by atoms with Gasteiger partial charge in [-0.05, 0) is 30.5 Å². The van der Waals surface area contributed by atoms with Crippen LogP contribution in [-0.4, -0.2) is 12.8 Å². The summed E-state index contributed by atoms with van der Waals surface area (Å²) in [5.41, 5.74) is 0.693. The highest BCUT2D eigenvalue weighted by molar-refractivity contribution is 5.82. The first-order valence-corrected chi connectivity index (χ1v) is 5.67. The van der Waals surface area contributed by atoms with E-state index in [0.717, 1.165) is 25.0 Å². The number of unbranched alkanes of at least 4 members (excludes halogenated alkanes) is 1. The van der Waals surface area contributed by atoms with E-state index in [1.54, 1.807) is 6.92 Å². The Bertz CT molecular complexity index is 372. The summed E-state index contributed by atoms with van der Waals surface area (Å²) in [4.78, 5) is 4.11. The third kappa shape index (κ3) is 3.12. The van der Waals surface area contributed by atoms with Crippen LogP contribution in [0.25, 0.3) is 0 Å². The number of rotatable bonds is 5. The van der Waals surface area contributed by atoms with Crippen LogP contribution in [0.5, 0.6) is 0 Å². The lowest BCUT2D eigenvalue weighted by Gasteiger charge is -2.05. The molecule has 3 heteroatoms. The molecule has 0 radical (unpaired) electrons. The second-order valence-corrected chi connectivity index (χ2v) is 3.66. The Morgan fingerprint density at radius 3 is 2.50 bits per heavy atom. The zero-order valence-corrected chi connectivity index (χ0v) is 9.76. The fourth-order valence-corrected chi connectivity index (χ4v) is 1.51. The van der Waals surface area contributed by atoms with Gasteiger partial charge in [-0.25, -0.2) is 8.78 Å². The fourth-order valence-electron chi connectivity index (χ4n) is 1.51. The van der Waals surface area contributed by atoms with E-state index in [0.29, 0.717) is 24.1 Å². The third-order valence-corrected chi connectivity index (χ3v) is 2.46. The summed E-state index contributed by atoms with van der Waals surface area (Å²) in [5, 5.41) is 0. The van der Waals surface area contributed by atoms with Crippen LogP contribution in [0.15, 0.2) is 17.1 Å². The number of nitrogens with zero attached hydrogens (tertiary/aromatic N) is 1. The van der Waals surface area contributed by atoms with Crippen LogP contribution >= 0.6 is 0 Å². The number of hydrogen-bond donors (Lipinski definition) is 0. The minimum Gasteiger partial charge on any atom is -0.292 e. The number of aliphatic imine (C=N–C) groups is 1. The predicted octanol–water partition coefficient (Wildman–Crippen LogP) is 3.75. The smallest absolute Gasteiger partial charge is 0.132 e. The lowest BCUT2D eigenvalue weighted by Crippen LogP contribution is -2.00. The van der Waals surface area contributed by atoms with Gasteiger partial charge < -0.3 is 0 Å². The van der Waals surface area contributed by atoms with Gasteiger partial charge in [0.15, 0.2) is 0 Å². The maximum atomic E-state index is 13.5. The predicted molar refractivity (Wildman–Crippen MR) is 63.1 cm³/mol. The lowest BCUT2D eigenvalue weighted by atomic mass is 10.0. The Balaban J connectivity index is 2.93. The van der Waals surface area contributed by atoms with Gasteiger partial charge in [-0.1, -0.05) is 20.3 Å². The quantitative estimate of drug-likeness (QED) is 0.534.